The number of rotatable bonds is 2. The van der Waals surface area contributed by atoms with Crippen molar-refractivity contribution in [2.45, 2.75) is 18.9 Å². The highest BCUT2D eigenvalue weighted by Crippen LogP contribution is 2.30. The van der Waals surface area contributed by atoms with Gasteiger partial charge in [-0.25, -0.2) is 0 Å². The summed E-state index contributed by atoms with van der Waals surface area (Å²) < 4.78 is 10.6. The highest BCUT2D eigenvalue weighted by molar-refractivity contribution is 5.98. The molecule has 6 nitrogen and oxygen atoms in total. The van der Waals surface area contributed by atoms with Gasteiger partial charge in [0.2, 0.25) is 0 Å². The molecular weight excluding hydrogens is 248 g/mol. The van der Waals surface area contributed by atoms with Crippen LogP contribution in [0.25, 0.3) is 0 Å². The van der Waals surface area contributed by atoms with Gasteiger partial charge in [-0.15, -0.1) is 0 Å². The lowest BCUT2D eigenvalue weighted by Gasteiger charge is -2.19. The summed E-state index contributed by atoms with van der Waals surface area (Å²) in [6.45, 7) is 0.654. The van der Waals surface area contributed by atoms with Gasteiger partial charge in [0.1, 0.15) is 11.9 Å². The Hall–Kier alpha value is -2.08. The van der Waals surface area contributed by atoms with Crippen LogP contribution in [0.15, 0.2) is 18.2 Å². The molecule has 19 heavy (non-hydrogen) atoms. The number of anilines is 2. The van der Waals surface area contributed by atoms with Gasteiger partial charge in [0.25, 0.3) is 11.8 Å². The summed E-state index contributed by atoms with van der Waals surface area (Å²) in [5.41, 5.74) is 1.19. The summed E-state index contributed by atoms with van der Waals surface area (Å²) in [5.74, 6) is 0.255. The second-order valence-electron chi connectivity index (χ2n) is 4.54. The maximum Gasteiger partial charge on any atom is 0.262 e. The Bertz CT molecular complexity index is 523. The van der Waals surface area contributed by atoms with Gasteiger partial charge in [-0.1, -0.05) is 0 Å². The molecular formula is C13H14N2O4. The zero-order valence-corrected chi connectivity index (χ0v) is 10.3. The number of fused-ring (bicyclic) bond motifs is 1. The second kappa shape index (κ2) is 4.89. The maximum absolute atomic E-state index is 11.9. The molecule has 0 aliphatic carbocycles. The maximum atomic E-state index is 11.9. The van der Waals surface area contributed by atoms with E-state index in [9.17, 15) is 9.59 Å². The highest BCUT2D eigenvalue weighted by atomic mass is 16.5. The molecule has 6 heteroatoms. The van der Waals surface area contributed by atoms with Gasteiger partial charge in [0.05, 0.1) is 5.69 Å². The third-order valence-electron chi connectivity index (χ3n) is 3.10. The molecule has 2 aliphatic heterocycles. The lowest BCUT2D eigenvalue weighted by atomic mass is 10.2. The van der Waals surface area contributed by atoms with Gasteiger partial charge in [-0.05, 0) is 31.0 Å². The van der Waals surface area contributed by atoms with Crippen molar-refractivity contribution in [3.05, 3.63) is 18.2 Å². The molecule has 1 atom stereocenters. The van der Waals surface area contributed by atoms with Gasteiger partial charge < -0.3 is 20.1 Å². The van der Waals surface area contributed by atoms with Crippen LogP contribution in [-0.2, 0) is 14.3 Å². The van der Waals surface area contributed by atoms with Crippen LogP contribution in [0.1, 0.15) is 12.8 Å². The summed E-state index contributed by atoms with van der Waals surface area (Å²) in [4.78, 5) is 23.1. The molecule has 0 saturated carbocycles. The molecule has 2 heterocycles. The molecule has 0 spiro atoms. The van der Waals surface area contributed by atoms with E-state index in [4.69, 9.17) is 9.47 Å². The first kappa shape index (κ1) is 12.0. The molecule has 2 amide bonds. The predicted octanol–water partition coefficient (Wildman–Crippen LogP) is 1.13. The molecule has 1 fully saturated rings. The van der Waals surface area contributed by atoms with Crippen LogP contribution in [0.3, 0.4) is 0 Å². The number of amides is 2. The number of benzene rings is 1. The van der Waals surface area contributed by atoms with E-state index in [1.54, 1.807) is 18.2 Å². The van der Waals surface area contributed by atoms with E-state index in [0.29, 0.717) is 23.7 Å². The molecule has 3 rings (SSSR count). The summed E-state index contributed by atoms with van der Waals surface area (Å²) in [7, 11) is 0. The average molecular weight is 262 g/mol. The van der Waals surface area contributed by atoms with Crippen molar-refractivity contribution in [3.63, 3.8) is 0 Å². The Morgan fingerprint density at radius 1 is 1.42 bits per heavy atom. The third-order valence-corrected chi connectivity index (χ3v) is 3.10. The van der Waals surface area contributed by atoms with Crippen molar-refractivity contribution < 1.29 is 19.1 Å². The predicted molar refractivity (Wildman–Crippen MR) is 68.2 cm³/mol. The van der Waals surface area contributed by atoms with Crippen LogP contribution in [0.2, 0.25) is 0 Å². The van der Waals surface area contributed by atoms with E-state index in [1.165, 1.54) is 0 Å². The van der Waals surface area contributed by atoms with Crippen LogP contribution < -0.4 is 15.4 Å². The van der Waals surface area contributed by atoms with E-state index >= 15 is 0 Å². The fourth-order valence-corrected chi connectivity index (χ4v) is 2.17. The zero-order valence-electron chi connectivity index (χ0n) is 10.3. The number of carbonyl (C=O) groups excluding carboxylic acids is 2. The lowest BCUT2D eigenvalue weighted by Crippen LogP contribution is -2.28. The van der Waals surface area contributed by atoms with Gasteiger partial charge >= 0.3 is 0 Å². The molecule has 2 aliphatic rings. The summed E-state index contributed by atoms with van der Waals surface area (Å²) in [6.07, 6.45) is 1.28. The normalized spacial score (nSPS) is 21.3. The van der Waals surface area contributed by atoms with E-state index in [2.05, 4.69) is 10.6 Å². The van der Waals surface area contributed by atoms with Crippen molar-refractivity contribution in [1.29, 1.82) is 0 Å². The number of ether oxygens (including phenoxy) is 2. The SMILES string of the molecule is O=C1COc2ccc(NC(=O)C3CCCO3)cc2N1. The Kier molecular flexibility index (Phi) is 3.08. The smallest absolute Gasteiger partial charge is 0.262 e. The largest absolute Gasteiger partial charge is 0.482 e. The van der Waals surface area contributed by atoms with Gasteiger partial charge in [-0.3, -0.25) is 9.59 Å². The molecule has 1 unspecified atom stereocenters. The van der Waals surface area contributed by atoms with E-state index < -0.39 is 0 Å². The Balaban J connectivity index is 1.73. The van der Waals surface area contributed by atoms with Crippen LogP contribution >= 0.6 is 0 Å². The molecule has 0 bridgehead atoms. The molecule has 0 radical (unpaired) electrons. The Morgan fingerprint density at radius 2 is 2.32 bits per heavy atom. The molecule has 0 aromatic heterocycles. The average Bonchev–Trinajstić information content (AvgIpc) is 2.92. The molecule has 100 valence electrons. The summed E-state index contributed by atoms with van der Waals surface area (Å²) in [6, 6.07) is 5.14. The van der Waals surface area contributed by atoms with E-state index in [-0.39, 0.29) is 24.5 Å². The van der Waals surface area contributed by atoms with Gasteiger partial charge in [-0.2, -0.15) is 0 Å². The monoisotopic (exact) mass is 262 g/mol. The van der Waals surface area contributed by atoms with Crippen LogP contribution in [0, 0.1) is 0 Å². The quantitative estimate of drug-likeness (QED) is 0.837. The van der Waals surface area contributed by atoms with Gasteiger partial charge in [0.15, 0.2) is 6.61 Å². The molecule has 1 saturated heterocycles. The van der Waals surface area contributed by atoms with Crippen molar-refractivity contribution in [2.24, 2.45) is 0 Å². The number of hydrogen-bond acceptors (Lipinski definition) is 4. The fourth-order valence-electron chi connectivity index (χ4n) is 2.17. The Morgan fingerprint density at radius 3 is 3.11 bits per heavy atom. The number of carbonyl (C=O) groups is 2. The van der Waals surface area contributed by atoms with Crippen molar-refractivity contribution >= 4 is 23.2 Å². The van der Waals surface area contributed by atoms with Crippen LogP contribution in [0.5, 0.6) is 5.75 Å². The zero-order chi connectivity index (χ0) is 13.2. The third kappa shape index (κ3) is 2.53. The number of hydrogen-bond donors (Lipinski definition) is 2. The minimum atomic E-state index is -0.373. The van der Waals surface area contributed by atoms with E-state index in [0.717, 1.165) is 12.8 Å². The fraction of sp³-hybridized carbons (Fsp3) is 0.385. The first-order valence-corrected chi connectivity index (χ1v) is 6.21. The van der Waals surface area contributed by atoms with Crippen molar-refractivity contribution in [3.8, 4) is 5.75 Å². The van der Waals surface area contributed by atoms with Crippen LogP contribution in [-0.4, -0.2) is 31.1 Å². The summed E-state index contributed by atoms with van der Waals surface area (Å²) in [5, 5.41) is 5.47. The molecule has 1 aromatic rings. The standard InChI is InChI=1S/C13H14N2O4/c16-12-7-19-10-4-3-8(6-9(10)15-12)14-13(17)11-2-1-5-18-11/h3-4,6,11H,1-2,5,7H2,(H,14,17)(H,15,16). The van der Waals surface area contributed by atoms with Gasteiger partial charge in [0, 0.05) is 12.3 Å². The first-order valence-electron chi connectivity index (χ1n) is 6.21. The van der Waals surface area contributed by atoms with E-state index in [1.807, 2.05) is 0 Å². The highest BCUT2D eigenvalue weighted by Gasteiger charge is 2.24. The topological polar surface area (TPSA) is 76.7 Å². The summed E-state index contributed by atoms with van der Waals surface area (Å²) >= 11 is 0. The molecule has 2 N–H and O–H groups in total. The minimum absolute atomic E-state index is 0.0224. The second-order valence-corrected chi connectivity index (χ2v) is 4.54. The first-order chi connectivity index (χ1) is 9.22. The number of nitrogens with one attached hydrogen (secondary N) is 2. The Labute approximate surface area is 110 Å². The molecule has 1 aromatic carbocycles. The minimum Gasteiger partial charge on any atom is -0.482 e. The lowest BCUT2D eigenvalue weighted by molar-refractivity contribution is -0.124. The van der Waals surface area contributed by atoms with Crippen molar-refractivity contribution in [1.82, 2.24) is 0 Å². The van der Waals surface area contributed by atoms with Crippen molar-refractivity contribution in [2.75, 3.05) is 23.8 Å². The van der Waals surface area contributed by atoms with Crippen LogP contribution in [0.4, 0.5) is 11.4 Å².